The van der Waals surface area contributed by atoms with Gasteiger partial charge in [-0.2, -0.15) is 0 Å². The third-order valence-electron chi connectivity index (χ3n) is 4.26. The minimum atomic E-state index is -0.897. The molecule has 2 unspecified atom stereocenters. The van der Waals surface area contributed by atoms with Crippen LogP contribution in [0.3, 0.4) is 0 Å². The van der Waals surface area contributed by atoms with E-state index >= 15 is 0 Å². The van der Waals surface area contributed by atoms with E-state index in [0.717, 1.165) is 12.8 Å². The van der Waals surface area contributed by atoms with Crippen LogP contribution in [-0.4, -0.2) is 28.0 Å². The number of amides is 2. The lowest BCUT2D eigenvalue weighted by molar-refractivity contribution is -0.174. The molecule has 1 aliphatic carbocycles. The molecule has 0 aromatic heterocycles. The van der Waals surface area contributed by atoms with E-state index in [0.29, 0.717) is 25.0 Å². The number of benzene rings is 1. The van der Waals surface area contributed by atoms with Gasteiger partial charge in [-0.25, -0.2) is 4.79 Å². The van der Waals surface area contributed by atoms with Crippen LogP contribution in [0.4, 0.5) is 0 Å². The van der Waals surface area contributed by atoms with Crippen molar-refractivity contribution in [1.82, 2.24) is 5.06 Å². The number of hydrogen-bond donors (Lipinski definition) is 1. The Labute approximate surface area is 159 Å². The number of rotatable bonds is 2. The standard InChI is InChI=1S/C15H13I2NO5/c16-9-5-6-10(17)12(19)11(9)15(22)23-18-13(20)7-3-1-2-4-8(7)14(18)21/h5-8,19H,1-4H2. The van der Waals surface area contributed by atoms with E-state index < -0.39 is 17.8 Å². The average Bonchev–Trinajstić information content (AvgIpc) is 2.77. The van der Waals surface area contributed by atoms with Crippen LogP contribution in [0.2, 0.25) is 0 Å². The molecule has 2 fully saturated rings. The minimum absolute atomic E-state index is 0.0343. The third-order valence-corrected chi connectivity index (χ3v) is 6.03. The fourth-order valence-electron chi connectivity index (χ4n) is 3.09. The van der Waals surface area contributed by atoms with Gasteiger partial charge in [0.15, 0.2) is 0 Å². The zero-order valence-corrected chi connectivity index (χ0v) is 16.2. The summed E-state index contributed by atoms with van der Waals surface area (Å²) in [6.45, 7) is 0. The van der Waals surface area contributed by atoms with Crippen LogP contribution in [0.5, 0.6) is 5.75 Å². The second kappa shape index (κ2) is 6.54. The Morgan fingerprint density at radius 3 is 2.17 bits per heavy atom. The number of fused-ring (bicyclic) bond motifs is 1. The second-order valence-corrected chi connectivity index (χ2v) is 7.92. The van der Waals surface area contributed by atoms with Crippen LogP contribution in [0, 0.1) is 19.0 Å². The van der Waals surface area contributed by atoms with E-state index in [-0.39, 0.29) is 23.1 Å². The molecule has 1 aromatic carbocycles. The number of carbonyl (C=O) groups is 3. The number of hydrogen-bond acceptors (Lipinski definition) is 5. The molecule has 0 bridgehead atoms. The van der Waals surface area contributed by atoms with E-state index in [1.54, 1.807) is 12.1 Å². The van der Waals surface area contributed by atoms with Crippen molar-refractivity contribution in [3.63, 3.8) is 0 Å². The lowest BCUT2D eigenvalue weighted by atomic mass is 9.81. The molecule has 2 amide bonds. The van der Waals surface area contributed by atoms with Crippen molar-refractivity contribution in [2.45, 2.75) is 25.7 Å². The van der Waals surface area contributed by atoms with Crippen LogP contribution in [0.1, 0.15) is 36.0 Å². The number of nitrogens with zero attached hydrogens (tertiary/aromatic N) is 1. The predicted molar refractivity (Wildman–Crippen MR) is 96.3 cm³/mol. The Morgan fingerprint density at radius 2 is 1.61 bits per heavy atom. The summed E-state index contributed by atoms with van der Waals surface area (Å²) in [4.78, 5) is 42.0. The Hall–Kier alpha value is -0.910. The summed E-state index contributed by atoms with van der Waals surface area (Å²) >= 11 is 3.79. The highest BCUT2D eigenvalue weighted by Crippen LogP contribution is 2.38. The fourth-order valence-corrected chi connectivity index (χ4v) is 4.19. The SMILES string of the molecule is O=C(ON1C(=O)C2CCCCC2C1=O)c1c(I)ccc(I)c1O. The molecular formula is C15H13I2NO5. The van der Waals surface area contributed by atoms with E-state index in [9.17, 15) is 19.5 Å². The number of phenolic OH excluding ortho intramolecular Hbond substituents is 1. The van der Waals surface area contributed by atoms with Gasteiger partial charge in [0.1, 0.15) is 11.3 Å². The largest absolute Gasteiger partial charge is 0.506 e. The molecule has 122 valence electrons. The van der Waals surface area contributed by atoms with E-state index in [1.165, 1.54) is 0 Å². The molecule has 1 aliphatic heterocycles. The first kappa shape index (κ1) is 16.9. The topological polar surface area (TPSA) is 83.9 Å². The smallest absolute Gasteiger partial charge is 0.368 e. The zero-order chi connectivity index (χ0) is 16.7. The number of hydroxylamine groups is 2. The molecule has 2 aliphatic rings. The quantitative estimate of drug-likeness (QED) is 0.461. The molecule has 1 aromatic rings. The van der Waals surface area contributed by atoms with Crippen molar-refractivity contribution in [3.05, 3.63) is 24.8 Å². The highest BCUT2D eigenvalue weighted by atomic mass is 127. The number of aromatic hydroxyl groups is 1. The van der Waals surface area contributed by atoms with E-state index in [1.807, 2.05) is 45.2 Å². The molecule has 1 saturated carbocycles. The Bertz CT molecular complexity index is 681. The first-order valence-electron chi connectivity index (χ1n) is 7.19. The Kier molecular flexibility index (Phi) is 4.81. The minimum Gasteiger partial charge on any atom is -0.506 e. The van der Waals surface area contributed by atoms with Crippen molar-refractivity contribution < 1.29 is 24.3 Å². The normalized spacial score (nSPS) is 23.8. The van der Waals surface area contributed by atoms with Gasteiger partial charge in [-0.05, 0) is 70.2 Å². The van der Waals surface area contributed by atoms with Gasteiger partial charge < -0.3 is 9.94 Å². The maximum absolute atomic E-state index is 12.4. The van der Waals surface area contributed by atoms with Gasteiger partial charge in [0.05, 0.1) is 15.4 Å². The van der Waals surface area contributed by atoms with Gasteiger partial charge in [-0.15, -0.1) is 5.06 Å². The van der Waals surface area contributed by atoms with Crippen LogP contribution >= 0.6 is 45.2 Å². The van der Waals surface area contributed by atoms with Crippen molar-refractivity contribution in [2.75, 3.05) is 0 Å². The summed E-state index contributed by atoms with van der Waals surface area (Å²) < 4.78 is 0.977. The summed E-state index contributed by atoms with van der Waals surface area (Å²) in [6, 6.07) is 3.32. The molecule has 1 N–H and O–H groups in total. The molecule has 2 atom stereocenters. The molecule has 0 spiro atoms. The van der Waals surface area contributed by atoms with Crippen LogP contribution in [0.25, 0.3) is 0 Å². The summed E-state index contributed by atoms with van der Waals surface area (Å²) in [6.07, 6.45) is 3.10. The maximum Gasteiger partial charge on any atom is 0.368 e. The van der Waals surface area contributed by atoms with E-state index in [4.69, 9.17) is 4.84 Å². The summed E-state index contributed by atoms with van der Waals surface area (Å²) in [5, 5.41) is 10.7. The predicted octanol–water partition coefficient (Wildman–Crippen LogP) is 2.85. The molecule has 1 heterocycles. The van der Waals surface area contributed by atoms with Crippen LogP contribution in [-0.2, 0) is 14.4 Å². The zero-order valence-electron chi connectivity index (χ0n) is 11.9. The first-order valence-corrected chi connectivity index (χ1v) is 9.34. The monoisotopic (exact) mass is 541 g/mol. The number of imide groups is 1. The number of carbonyl (C=O) groups excluding carboxylic acids is 3. The van der Waals surface area contributed by atoms with E-state index in [2.05, 4.69) is 0 Å². The summed E-state index contributed by atoms with van der Waals surface area (Å²) in [5.74, 6) is -2.77. The van der Waals surface area contributed by atoms with Crippen molar-refractivity contribution >= 4 is 63.0 Å². The molecule has 3 rings (SSSR count). The first-order chi connectivity index (χ1) is 10.9. The van der Waals surface area contributed by atoms with Gasteiger partial charge in [0.2, 0.25) is 0 Å². The molecule has 8 heteroatoms. The van der Waals surface area contributed by atoms with Crippen LogP contribution in [0.15, 0.2) is 12.1 Å². The highest BCUT2D eigenvalue weighted by Gasteiger charge is 2.50. The van der Waals surface area contributed by atoms with Crippen LogP contribution < -0.4 is 0 Å². The molecular weight excluding hydrogens is 528 g/mol. The molecule has 1 saturated heterocycles. The molecule has 6 nitrogen and oxygen atoms in total. The average molecular weight is 541 g/mol. The van der Waals surface area contributed by atoms with Crippen molar-refractivity contribution in [2.24, 2.45) is 11.8 Å². The number of halogens is 2. The van der Waals surface area contributed by atoms with Gasteiger partial charge in [-0.3, -0.25) is 9.59 Å². The molecule has 23 heavy (non-hydrogen) atoms. The lowest BCUT2D eigenvalue weighted by Crippen LogP contribution is -2.34. The molecule has 0 radical (unpaired) electrons. The van der Waals surface area contributed by atoms with Crippen molar-refractivity contribution in [1.29, 1.82) is 0 Å². The lowest BCUT2D eigenvalue weighted by Gasteiger charge is -2.19. The fraction of sp³-hybridized carbons (Fsp3) is 0.400. The second-order valence-electron chi connectivity index (χ2n) is 5.60. The third kappa shape index (κ3) is 2.94. The Morgan fingerprint density at radius 1 is 1.09 bits per heavy atom. The maximum atomic E-state index is 12.4. The van der Waals surface area contributed by atoms with Gasteiger partial charge >= 0.3 is 5.97 Å². The van der Waals surface area contributed by atoms with Crippen molar-refractivity contribution in [3.8, 4) is 5.75 Å². The van der Waals surface area contributed by atoms with Gasteiger partial charge in [0.25, 0.3) is 11.8 Å². The highest BCUT2D eigenvalue weighted by molar-refractivity contribution is 14.1. The number of phenols is 1. The summed E-state index contributed by atoms with van der Waals surface area (Å²) in [5.41, 5.74) is -0.0343. The summed E-state index contributed by atoms with van der Waals surface area (Å²) in [7, 11) is 0. The van der Waals surface area contributed by atoms with Gasteiger partial charge in [0, 0.05) is 3.57 Å². The Balaban J connectivity index is 1.85. The van der Waals surface area contributed by atoms with Gasteiger partial charge in [-0.1, -0.05) is 12.8 Å².